The summed E-state index contributed by atoms with van der Waals surface area (Å²) in [4.78, 5) is 31.7. The van der Waals surface area contributed by atoms with E-state index in [9.17, 15) is 14.0 Å². The predicted molar refractivity (Wildman–Crippen MR) is 129 cm³/mol. The largest absolute Gasteiger partial charge is 0.481 e. The first kappa shape index (κ1) is 24.8. The van der Waals surface area contributed by atoms with E-state index < -0.39 is 23.3 Å². The van der Waals surface area contributed by atoms with E-state index in [4.69, 9.17) is 20.3 Å². The van der Waals surface area contributed by atoms with E-state index in [0.717, 1.165) is 38.0 Å². The molecule has 196 valence electrons. The van der Waals surface area contributed by atoms with E-state index in [1.54, 1.807) is 4.90 Å². The molecule has 5 rings (SSSR count). The Balaban J connectivity index is 1.21. The van der Waals surface area contributed by atoms with Crippen molar-refractivity contribution >= 4 is 17.5 Å². The number of pyridine rings is 1. The lowest BCUT2D eigenvalue weighted by Gasteiger charge is -2.40. The Labute approximate surface area is 213 Å². The summed E-state index contributed by atoms with van der Waals surface area (Å²) < 4.78 is 24.9. The van der Waals surface area contributed by atoms with Crippen molar-refractivity contribution in [1.29, 1.82) is 5.41 Å². The van der Waals surface area contributed by atoms with E-state index in [1.165, 1.54) is 13.2 Å². The number of methoxy groups -OCH3 is 1. The molecule has 1 spiro atoms. The van der Waals surface area contributed by atoms with Crippen molar-refractivity contribution in [2.45, 2.75) is 62.9 Å². The Hall–Kier alpha value is -3.83. The molecule has 2 atom stereocenters. The van der Waals surface area contributed by atoms with Gasteiger partial charge in [0.2, 0.25) is 23.6 Å². The molecule has 2 amide bonds. The average molecular weight is 512 g/mol. The molecule has 2 aromatic rings. The number of halogens is 1. The van der Waals surface area contributed by atoms with Gasteiger partial charge in [0.1, 0.15) is 6.04 Å². The van der Waals surface area contributed by atoms with Gasteiger partial charge in [-0.3, -0.25) is 9.59 Å². The molecule has 3 aliphatic rings. The summed E-state index contributed by atoms with van der Waals surface area (Å²) >= 11 is 0. The number of carbonyl (C=O) groups is 2. The van der Waals surface area contributed by atoms with Gasteiger partial charge >= 0.3 is 0 Å². The van der Waals surface area contributed by atoms with Gasteiger partial charge in [0.25, 0.3) is 5.91 Å². The molecule has 2 saturated carbocycles. The number of aromatic nitrogens is 3. The summed E-state index contributed by atoms with van der Waals surface area (Å²) in [7, 11) is 1.39. The van der Waals surface area contributed by atoms with Crippen LogP contribution < -0.4 is 15.8 Å². The average Bonchev–Trinajstić information content (AvgIpc) is 3.82. The molecule has 11 nitrogen and oxygen atoms in total. The number of nitrogens with two attached hydrogens (primary N) is 1. The number of carbonyl (C=O) groups excluding carboxylic acids is 2. The van der Waals surface area contributed by atoms with Gasteiger partial charge < -0.3 is 30.5 Å². The highest BCUT2D eigenvalue weighted by molar-refractivity contribution is 6.11. The van der Waals surface area contributed by atoms with Crippen LogP contribution >= 0.6 is 0 Å². The van der Waals surface area contributed by atoms with Crippen molar-refractivity contribution in [3.8, 4) is 5.88 Å². The fourth-order valence-corrected chi connectivity index (χ4v) is 4.85. The third kappa shape index (κ3) is 5.05. The Kier molecular flexibility index (Phi) is 6.42. The number of hydrogen-bond donors (Lipinski definition) is 3. The zero-order valence-corrected chi connectivity index (χ0v) is 20.8. The second-order valence-corrected chi connectivity index (χ2v) is 10.1. The number of nitrogens with zero attached hydrogens (tertiary/aromatic N) is 4. The molecule has 3 fully saturated rings. The third-order valence-electron chi connectivity index (χ3n) is 7.33. The molecule has 1 saturated heterocycles. The normalized spacial score (nSPS) is 21.4. The first-order valence-electron chi connectivity index (χ1n) is 12.4. The van der Waals surface area contributed by atoms with Gasteiger partial charge in [0.15, 0.2) is 5.82 Å². The van der Waals surface area contributed by atoms with Crippen LogP contribution in [0, 0.1) is 17.1 Å². The molecular weight excluding hydrogens is 481 g/mol. The van der Waals surface area contributed by atoms with E-state index >= 15 is 0 Å². The van der Waals surface area contributed by atoms with Gasteiger partial charge in [0.05, 0.1) is 24.7 Å². The monoisotopic (exact) mass is 511 g/mol. The van der Waals surface area contributed by atoms with Crippen LogP contribution in [0.2, 0.25) is 0 Å². The van der Waals surface area contributed by atoms with Gasteiger partial charge in [-0.15, -0.1) is 10.2 Å². The lowest BCUT2D eigenvalue weighted by atomic mass is 9.87. The predicted octanol–water partition coefficient (Wildman–Crippen LogP) is 2.35. The maximum absolute atomic E-state index is 14.2. The highest BCUT2D eigenvalue weighted by Crippen LogP contribution is 2.50. The Morgan fingerprint density at radius 3 is 2.78 bits per heavy atom. The molecule has 2 aromatic heterocycles. The first-order valence-corrected chi connectivity index (χ1v) is 12.4. The number of allylic oxidation sites excluding steroid dienone is 1. The van der Waals surface area contributed by atoms with Crippen molar-refractivity contribution in [3.63, 3.8) is 0 Å². The standard InChI is InChI=1S/C25H30FN7O4/c1-13(22-31-32-23(37-22)14-3-4-14)30-21(34)15-5-8-33(25(11-15)6-7-25)24(35)19(28)10-18(27)16-9-20(36-2)29-12-17(16)26/h9-10,12-15,27H,3-8,11,28H2,1-2H3,(H,30,34)/t13?,15-/m0/s1. The fraction of sp³-hybridized carbons (Fsp3) is 0.520. The Bertz CT molecular complexity index is 1270. The molecule has 1 aliphatic heterocycles. The molecular formula is C25H30FN7O4. The van der Waals surface area contributed by atoms with Gasteiger partial charge in [-0.25, -0.2) is 9.37 Å². The van der Waals surface area contributed by atoms with Crippen LogP contribution in [-0.2, 0) is 9.59 Å². The summed E-state index contributed by atoms with van der Waals surface area (Å²) in [5.74, 6) is 0.00911. The lowest BCUT2D eigenvalue weighted by Crippen LogP contribution is -2.52. The van der Waals surface area contributed by atoms with Gasteiger partial charge in [-0.1, -0.05) is 0 Å². The van der Waals surface area contributed by atoms with Crippen LogP contribution in [0.25, 0.3) is 0 Å². The number of amides is 2. The lowest BCUT2D eigenvalue weighted by molar-refractivity contribution is -0.137. The van der Waals surface area contributed by atoms with Crippen molar-refractivity contribution < 1.29 is 23.1 Å². The number of rotatable bonds is 8. The third-order valence-corrected chi connectivity index (χ3v) is 7.33. The quantitative estimate of drug-likeness (QED) is 0.360. The number of hydrogen-bond acceptors (Lipinski definition) is 9. The molecule has 0 radical (unpaired) electrons. The molecule has 0 bridgehead atoms. The van der Waals surface area contributed by atoms with Crippen molar-refractivity contribution in [2.24, 2.45) is 11.7 Å². The molecule has 2 aliphatic carbocycles. The van der Waals surface area contributed by atoms with Crippen molar-refractivity contribution in [1.82, 2.24) is 25.4 Å². The molecule has 0 aromatic carbocycles. The SMILES string of the molecule is COc1cc(C(=N)C=C(N)C(=O)N2CC[C@H](C(=O)NC(C)c3nnc(C4CC4)o3)CC23CC3)c(F)cn1. The van der Waals surface area contributed by atoms with E-state index in [0.29, 0.717) is 37.1 Å². The van der Waals surface area contributed by atoms with Gasteiger partial charge in [-0.05, 0) is 51.5 Å². The highest BCUT2D eigenvalue weighted by Gasteiger charge is 2.54. The van der Waals surface area contributed by atoms with Crippen LogP contribution in [0.5, 0.6) is 5.88 Å². The topological polar surface area (TPSA) is 160 Å². The van der Waals surface area contributed by atoms with Gasteiger partial charge in [0, 0.05) is 35.5 Å². The van der Waals surface area contributed by atoms with E-state index in [1.807, 2.05) is 6.92 Å². The molecule has 12 heteroatoms. The minimum Gasteiger partial charge on any atom is -0.481 e. The highest BCUT2D eigenvalue weighted by atomic mass is 19.1. The summed E-state index contributed by atoms with van der Waals surface area (Å²) in [5.41, 5.74) is 5.14. The van der Waals surface area contributed by atoms with Crippen LogP contribution in [0.15, 0.2) is 28.5 Å². The van der Waals surface area contributed by atoms with Crippen LogP contribution in [0.3, 0.4) is 0 Å². The maximum atomic E-state index is 14.2. The first-order chi connectivity index (χ1) is 17.7. The van der Waals surface area contributed by atoms with Gasteiger partial charge in [-0.2, -0.15) is 0 Å². The summed E-state index contributed by atoms with van der Waals surface area (Å²) in [6.45, 7) is 2.17. The van der Waals surface area contributed by atoms with E-state index in [-0.39, 0.29) is 34.7 Å². The fourth-order valence-electron chi connectivity index (χ4n) is 4.85. The minimum absolute atomic E-state index is 0.0706. The van der Waals surface area contributed by atoms with Crippen LogP contribution in [0.4, 0.5) is 4.39 Å². The van der Waals surface area contributed by atoms with Crippen molar-refractivity contribution in [2.75, 3.05) is 13.7 Å². The number of ether oxygens (including phenoxy) is 1. The zero-order chi connectivity index (χ0) is 26.3. The molecule has 4 N–H and O–H groups in total. The van der Waals surface area contributed by atoms with Crippen molar-refractivity contribution in [3.05, 3.63) is 47.2 Å². The minimum atomic E-state index is -0.716. The molecule has 37 heavy (non-hydrogen) atoms. The summed E-state index contributed by atoms with van der Waals surface area (Å²) in [6, 6.07) is 0.875. The smallest absolute Gasteiger partial charge is 0.270 e. The Morgan fingerprint density at radius 2 is 2.11 bits per heavy atom. The molecule has 1 unspecified atom stereocenters. The summed E-state index contributed by atoms with van der Waals surface area (Å²) in [5, 5.41) is 19.4. The second kappa shape index (κ2) is 9.56. The zero-order valence-electron chi connectivity index (χ0n) is 20.8. The molecule has 3 heterocycles. The van der Waals surface area contributed by atoms with E-state index in [2.05, 4.69) is 20.5 Å². The Morgan fingerprint density at radius 1 is 1.35 bits per heavy atom. The summed E-state index contributed by atoms with van der Waals surface area (Å²) in [6.07, 6.45) is 6.75. The number of piperidine rings is 1. The number of likely N-dealkylation sites (tertiary alicyclic amines) is 1. The van der Waals surface area contributed by atoms with Crippen LogP contribution in [0.1, 0.15) is 74.8 Å². The van der Waals surface area contributed by atoms with Crippen LogP contribution in [-0.4, -0.2) is 56.8 Å². The number of nitrogens with one attached hydrogen (secondary N) is 2. The second-order valence-electron chi connectivity index (χ2n) is 10.1. The maximum Gasteiger partial charge on any atom is 0.270 e.